The Balaban J connectivity index is 0.000000762. The summed E-state index contributed by atoms with van der Waals surface area (Å²) in [5, 5.41) is 8.88. The number of nitrogens with two attached hydrogens (primary N) is 1. The number of carbonyl (C=O) groups is 1. The van der Waals surface area contributed by atoms with E-state index in [4.69, 9.17) is 15.6 Å². The number of rotatable bonds is 10. The molecule has 1 atom stereocenters. The number of halogens is 6. The van der Waals surface area contributed by atoms with Crippen LogP contribution < -0.4 is 15.2 Å². The van der Waals surface area contributed by atoms with E-state index in [0.717, 1.165) is 12.1 Å². The first kappa shape index (κ1) is 31.1. The fraction of sp³-hybridized carbons (Fsp3) is 0.435. The lowest BCUT2D eigenvalue weighted by atomic mass is 10.1. The standard InChI is InChI=1S/C17H13Br2F4NO4.C6H15N/c18-12-3-8(5-14(24)16(25)26)4-13(19)15(12)27-7-9-1-10(20)6-11(2-9)28-17(21,22)23;1-4-7(5-2)6-3/h1-4,6,14H,5,7,24H2,(H,25,26);4-6H2,1-3H3. The zero-order valence-electron chi connectivity index (χ0n) is 19.5. The topological polar surface area (TPSA) is 85.0 Å². The average molecular weight is 632 g/mol. The van der Waals surface area contributed by atoms with E-state index in [1.807, 2.05) is 0 Å². The van der Waals surface area contributed by atoms with E-state index in [1.54, 1.807) is 12.1 Å². The Labute approximate surface area is 218 Å². The first-order chi connectivity index (χ1) is 16.3. The van der Waals surface area contributed by atoms with Crippen molar-refractivity contribution in [3.8, 4) is 11.5 Å². The van der Waals surface area contributed by atoms with Crippen molar-refractivity contribution in [1.29, 1.82) is 0 Å². The number of hydrogen-bond acceptors (Lipinski definition) is 5. The van der Waals surface area contributed by atoms with Gasteiger partial charge in [0.2, 0.25) is 0 Å². The monoisotopic (exact) mass is 630 g/mol. The summed E-state index contributed by atoms with van der Waals surface area (Å²) in [7, 11) is 0. The maximum atomic E-state index is 13.5. The fourth-order valence-electron chi connectivity index (χ4n) is 2.93. The highest BCUT2D eigenvalue weighted by molar-refractivity contribution is 9.11. The molecule has 0 bridgehead atoms. The molecule has 2 aromatic carbocycles. The molecule has 0 fully saturated rings. The van der Waals surface area contributed by atoms with Crippen molar-refractivity contribution >= 4 is 37.8 Å². The predicted molar refractivity (Wildman–Crippen MR) is 132 cm³/mol. The van der Waals surface area contributed by atoms with Crippen LogP contribution in [0.2, 0.25) is 0 Å². The quantitative estimate of drug-likeness (QED) is 0.307. The highest BCUT2D eigenvalue weighted by Crippen LogP contribution is 2.36. The largest absolute Gasteiger partial charge is 0.573 e. The van der Waals surface area contributed by atoms with Crippen LogP contribution in [0.15, 0.2) is 39.3 Å². The molecule has 0 radical (unpaired) electrons. The zero-order chi connectivity index (χ0) is 26.8. The highest BCUT2D eigenvalue weighted by Gasteiger charge is 2.31. The zero-order valence-corrected chi connectivity index (χ0v) is 22.6. The van der Waals surface area contributed by atoms with Crippen LogP contribution in [0, 0.1) is 5.82 Å². The van der Waals surface area contributed by atoms with Crippen LogP contribution in [0.1, 0.15) is 31.9 Å². The molecule has 1 unspecified atom stereocenters. The van der Waals surface area contributed by atoms with Gasteiger partial charge in [-0.15, -0.1) is 13.2 Å². The number of benzene rings is 2. The van der Waals surface area contributed by atoms with Crippen LogP contribution in [-0.4, -0.2) is 48.0 Å². The highest BCUT2D eigenvalue weighted by atomic mass is 79.9. The van der Waals surface area contributed by atoms with E-state index in [-0.39, 0.29) is 18.6 Å². The molecule has 196 valence electrons. The maximum Gasteiger partial charge on any atom is 0.573 e. The maximum absolute atomic E-state index is 13.5. The van der Waals surface area contributed by atoms with E-state index < -0.39 is 29.9 Å². The van der Waals surface area contributed by atoms with E-state index >= 15 is 0 Å². The summed E-state index contributed by atoms with van der Waals surface area (Å²) in [6.07, 6.45) is -4.86. The second kappa shape index (κ2) is 14.6. The summed E-state index contributed by atoms with van der Waals surface area (Å²) in [6.45, 7) is 9.89. The molecular formula is C23H28Br2F4N2O4. The van der Waals surface area contributed by atoms with E-state index in [0.29, 0.717) is 26.3 Å². The number of carboxylic acid groups (broad SMARTS) is 1. The van der Waals surface area contributed by atoms with Gasteiger partial charge in [-0.2, -0.15) is 0 Å². The Bertz CT molecular complexity index is 945. The van der Waals surface area contributed by atoms with Gasteiger partial charge in [0.1, 0.15) is 30.0 Å². The lowest BCUT2D eigenvalue weighted by molar-refractivity contribution is -0.274. The van der Waals surface area contributed by atoms with Gasteiger partial charge in [0.05, 0.1) is 8.95 Å². The summed E-state index contributed by atoms with van der Waals surface area (Å²) in [5.74, 6) is -2.44. The van der Waals surface area contributed by atoms with Gasteiger partial charge in [-0.3, -0.25) is 4.79 Å². The number of carboxylic acids is 1. The van der Waals surface area contributed by atoms with Crippen LogP contribution >= 0.6 is 31.9 Å². The van der Waals surface area contributed by atoms with Crippen molar-refractivity contribution in [2.75, 3.05) is 19.6 Å². The number of hydrogen-bond donors (Lipinski definition) is 2. The molecule has 0 aliphatic carbocycles. The molecule has 2 rings (SSSR count). The Morgan fingerprint density at radius 2 is 1.57 bits per heavy atom. The predicted octanol–water partition coefficient (Wildman–Crippen LogP) is 6.13. The van der Waals surface area contributed by atoms with Gasteiger partial charge in [-0.25, -0.2) is 4.39 Å². The molecule has 12 heteroatoms. The van der Waals surface area contributed by atoms with Gasteiger partial charge in [0, 0.05) is 6.07 Å². The number of aliphatic carboxylic acids is 1. The third-order valence-electron chi connectivity index (χ3n) is 4.72. The molecule has 0 heterocycles. The lowest BCUT2D eigenvalue weighted by Crippen LogP contribution is -2.32. The van der Waals surface area contributed by atoms with Crippen molar-refractivity contribution in [1.82, 2.24) is 4.90 Å². The molecule has 6 nitrogen and oxygen atoms in total. The van der Waals surface area contributed by atoms with Crippen LogP contribution in [0.4, 0.5) is 17.6 Å². The SMILES string of the molecule is CCN(CC)CC.NC(Cc1cc(Br)c(OCc2cc(F)cc(OC(F)(F)F)c2)c(Br)c1)C(=O)O. The Hall–Kier alpha value is -1.89. The van der Waals surface area contributed by atoms with Crippen LogP contribution in [-0.2, 0) is 17.8 Å². The lowest BCUT2D eigenvalue weighted by Gasteiger charge is -2.14. The summed E-state index contributed by atoms with van der Waals surface area (Å²) in [5.41, 5.74) is 6.24. The molecule has 0 aromatic heterocycles. The minimum atomic E-state index is -4.94. The van der Waals surface area contributed by atoms with E-state index in [1.165, 1.54) is 19.6 Å². The summed E-state index contributed by atoms with van der Waals surface area (Å²) >= 11 is 6.55. The van der Waals surface area contributed by atoms with Crippen LogP contribution in [0.25, 0.3) is 0 Å². The van der Waals surface area contributed by atoms with E-state index in [9.17, 15) is 22.4 Å². The summed E-state index contributed by atoms with van der Waals surface area (Å²) < 4.78 is 60.7. The normalized spacial score (nSPS) is 12.1. The van der Waals surface area contributed by atoms with Crippen LogP contribution in [0.5, 0.6) is 11.5 Å². The number of alkyl halides is 3. The van der Waals surface area contributed by atoms with Gasteiger partial charge >= 0.3 is 12.3 Å². The van der Waals surface area contributed by atoms with Gasteiger partial charge < -0.3 is 25.2 Å². The van der Waals surface area contributed by atoms with Crippen molar-refractivity contribution in [3.05, 3.63) is 56.2 Å². The molecule has 0 saturated carbocycles. The Kier molecular flexibility index (Phi) is 13.0. The minimum absolute atomic E-state index is 0.0782. The molecule has 0 saturated heterocycles. The van der Waals surface area contributed by atoms with Gasteiger partial charge in [-0.1, -0.05) is 20.8 Å². The molecule has 0 spiro atoms. The smallest absolute Gasteiger partial charge is 0.487 e. The Morgan fingerprint density at radius 3 is 2.00 bits per heavy atom. The first-order valence-corrected chi connectivity index (χ1v) is 12.2. The number of nitrogens with zero attached hydrogens (tertiary/aromatic N) is 1. The van der Waals surface area contributed by atoms with Crippen LogP contribution in [0.3, 0.4) is 0 Å². The molecule has 35 heavy (non-hydrogen) atoms. The van der Waals surface area contributed by atoms with Crippen molar-refractivity contribution in [3.63, 3.8) is 0 Å². The molecule has 0 aliphatic heterocycles. The Morgan fingerprint density at radius 1 is 1.03 bits per heavy atom. The molecular weight excluding hydrogens is 604 g/mol. The minimum Gasteiger partial charge on any atom is -0.487 e. The summed E-state index contributed by atoms with van der Waals surface area (Å²) in [6, 6.07) is 4.77. The van der Waals surface area contributed by atoms with E-state index in [2.05, 4.69) is 62.3 Å². The fourth-order valence-corrected chi connectivity index (χ4v) is 4.44. The molecule has 0 aliphatic rings. The molecule has 2 aromatic rings. The van der Waals surface area contributed by atoms with Gasteiger partial charge in [-0.05, 0) is 93.3 Å². The van der Waals surface area contributed by atoms with Crippen molar-refractivity contribution in [2.45, 2.75) is 46.2 Å². The molecule has 0 amide bonds. The summed E-state index contributed by atoms with van der Waals surface area (Å²) in [4.78, 5) is 13.2. The second-order valence-electron chi connectivity index (χ2n) is 7.29. The van der Waals surface area contributed by atoms with Crippen molar-refractivity contribution < 1.29 is 36.9 Å². The third-order valence-corrected chi connectivity index (χ3v) is 5.90. The van der Waals surface area contributed by atoms with Gasteiger partial charge in [0.25, 0.3) is 0 Å². The first-order valence-electron chi connectivity index (χ1n) is 10.7. The third kappa shape index (κ3) is 11.6. The van der Waals surface area contributed by atoms with Crippen molar-refractivity contribution in [2.24, 2.45) is 5.73 Å². The van der Waals surface area contributed by atoms with Gasteiger partial charge in [0.15, 0.2) is 0 Å². The average Bonchev–Trinajstić information content (AvgIpc) is 2.73. The molecule has 3 N–H and O–H groups in total. The number of ether oxygens (including phenoxy) is 2. The second-order valence-corrected chi connectivity index (χ2v) is 9.00.